The van der Waals surface area contributed by atoms with Crippen molar-refractivity contribution in [1.29, 1.82) is 0 Å². The van der Waals surface area contributed by atoms with E-state index in [4.69, 9.17) is 5.11 Å². The van der Waals surface area contributed by atoms with Crippen LogP contribution in [0.2, 0.25) is 0 Å². The highest BCUT2D eigenvalue weighted by atomic mass is 16.8. The minimum atomic E-state index is -0.887. The fourth-order valence-corrected chi connectivity index (χ4v) is 2.02. The Hall–Kier alpha value is -1.50. The van der Waals surface area contributed by atoms with E-state index < -0.39 is 11.6 Å². The van der Waals surface area contributed by atoms with Gasteiger partial charge in [-0.25, -0.2) is 0 Å². The molecule has 0 spiro atoms. The molecule has 0 radical (unpaired) electrons. The number of hydrazone groups is 1. The number of nitrogens with one attached hydrogen (secondary N) is 1. The Kier molecular flexibility index (Phi) is 3.10. The number of aliphatic hydroxyl groups is 1. The Morgan fingerprint density at radius 2 is 2.06 bits per heavy atom. The number of carbonyl (C=O) groups excluding carboxylic acids is 1. The van der Waals surface area contributed by atoms with Gasteiger partial charge >= 0.3 is 6.08 Å². The molecule has 0 atom stereocenters. The summed E-state index contributed by atoms with van der Waals surface area (Å²) in [5.41, 5.74) is 1.51. The number of hydrazine groups is 1. The van der Waals surface area contributed by atoms with E-state index in [9.17, 15) is 4.79 Å². The molecule has 7 nitrogen and oxygen atoms in total. The Labute approximate surface area is 99.9 Å². The fraction of sp³-hybridized carbons (Fsp3) is 0.800. The molecule has 2 aliphatic rings. The summed E-state index contributed by atoms with van der Waals surface area (Å²) in [6, 6.07) is 0. The van der Waals surface area contributed by atoms with Crippen molar-refractivity contribution in [3.05, 3.63) is 0 Å². The standard InChI is InChI=1S/C10H18N4O3/c1-10(2,14-11-9(16)17-12-14)8(15)13-6-4-3-5-7-13/h12H,3-7H2,1-2H3,(H,11,16). The Bertz CT molecular complexity index is 336. The maximum atomic E-state index is 12.4. The number of nitrogens with zero attached hydrogens (tertiary/aromatic N) is 3. The zero-order chi connectivity index (χ0) is 12.5. The number of aliphatic hydroxyl groups excluding tert-OH is 1. The number of likely N-dealkylation sites (tertiary alicyclic amines) is 1. The summed E-state index contributed by atoms with van der Waals surface area (Å²) in [6.07, 6.45) is 2.78. The highest BCUT2D eigenvalue weighted by molar-refractivity contribution is 5.85. The van der Waals surface area contributed by atoms with Crippen molar-refractivity contribution < 1.29 is 14.7 Å². The average molecular weight is 242 g/mol. The first-order valence-electron chi connectivity index (χ1n) is 5.81. The first-order valence-corrected chi connectivity index (χ1v) is 5.81. The molecule has 96 valence electrons. The molecule has 0 aromatic rings. The third-order valence-corrected chi connectivity index (χ3v) is 3.11. The molecule has 7 heteroatoms. The highest BCUT2D eigenvalue weighted by Crippen LogP contribution is 2.21. The van der Waals surface area contributed by atoms with Gasteiger partial charge in [-0.05, 0) is 38.7 Å². The van der Waals surface area contributed by atoms with E-state index in [1.807, 2.05) is 4.90 Å². The molecule has 2 N–H and O–H groups in total. The van der Waals surface area contributed by atoms with Crippen molar-refractivity contribution in [1.82, 2.24) is 15.6 Å². The summed E-state index contributed by atoms with van der Waals surface area (Å²) in [4.78, 5) is 18.8. The van der Waals surface area contributed by atoms with Gasteiger partial charge in [0, 0.05) is 13.1 Å². The van der Waals surface area contributed by atoms with E-state index in [0.29, 0.717) is 0 Å². The summed E-state index contributed by atoms with van der Waals surface area (Å²) in [7, 11) is 0. The number of carbonyl (C=O) groups is 1. The first kappa shape index (κ1) is 12.0. The molecular formula is C10H18N4O3. The van der Waals surface area contributed by atoms with Crippen molar-refractivity contribution in [3.63, 3.8) is 0 Å². The molecule has 1 amide bonds. The molecule has 0 unspecified atom stereocenters. The van der Waals surface area contributed by atoms with Gasteiger partial charge in [0.1, 0.15) is 0 Å². The van der Waals surface area contributed by atoms with Crippen LogP contribution in [-0.4, -0.2) is 45.7 Å². The van der Waals surface area contributed by atoms with Crippen LogP contribution in [0.4, 0.5) is 0 Å². The smallest absolute Gasteiger partial charge is 0.425 e. The van der Waals surface area contributed by atoms with E-state index >= 15 is 0 Å². The lowest BCUT2D eigenvalue weighted by molar-refractivity contribution is -0.150. The molecule has 0 saturated carbocycles. The predicted molar refractivity (Wildman–Crippen MR) is 60.6 cm³/mol. The summed E-state index contributed by atoms with van der Waals surface area (Å²) in [5.74, 6) is -0.0215. The van der Waals surface area contributed by atoms with Crippen LogP contribution in [0.25, 0.3) is 0 Å². The fourth-order valence-electron chi connectivity index (χ4n) is 2.02. The van der Waals surface area contributed by atoms with Gasteiger partial charge in [0.2, 0.25) is 0 Å². The molecule has 17 heavy (non-hydrogen) atoms. The van der Waals surface area contributed by atoms with Crippen LogP contribution in [-0.2, 0) is 9.63 Å². The van der Waals surface area contributed by atoms with Crippen LogP contribution in [0.15, 0.2) is 5.10 Å². The number of piperidine rings is 1. The zero-order valence-electron chi connectivity index (χ0n) is 10.1. The van der Waals surface area contributed by atoms with Crippen LogP contribution in [0.5, 0.6) is 0 Å². The summed E-state index contributed by atoms with van der Waals surface area (Å²) < 4.78 is 0. The Morgan fingerprint density at radius 1 is 1.41 bits per heavy atom. The molecule has 1 fully saturated rings. The third-order valence-electron chi connectivity index (χ3n) is 3.11. The van der Waals surface area contributed by atoms with Crippen LogP contribution in [0, 0.1) is 0 Å². The van der Waals surface area contributed by atoms with Gasteiger partial charge < -0.3 is 14.8 Å². The van der Waals surface area contributed by atoms with Crippen molar-refractivity contribution in [3.8, 4) is 0 Å². The summed E-state index contributed by atoms with van der Waals surface area (Å²) in [5, 5.41) is 14.0. The summed E-state index contributed by atoms with van der Waals surface area (Å²) in [6.45, 7) is 5.05. The molecule has 2 rings (SSSR count). The van der Waals surface area contributed by atoms with Crippen molar-refractivity contribution in [2.75, 3.05) is 13.1 Å². The predicted octanol–water partition coefficient (Wildman–Crippen LogP) is 0.358. The quantitative estimate of drug-likeness (QED) is 0.731. The second kappa shape index (κ2) is 4.40. The normalized spacial score (nSPS) is 21.2. The lowest BCUT2D eigenvalue weighted by atomic mass is 10.0. The SMILES string of the molecule is CC(C)(C(=O)N1CCCCC1)N1N=C(O)ON1. The highest BCUT2D eigenvalue weighted by Gasteiger charge is 2.41. The minimum absolute atomic E-state index is 0.0215. The monoisotopic (exact) mass is 242 g/mol. The average Bonchev–Trinajstić information content (AvgIpc) is 2.77. The number of hydrogen-bond donors (Lipinski definition) is 2. The third kappa shape index (κ3) is 2.28. The van der Waals surface area contributed by atoms with Crippen LogP contribution >= 0.6 is 0 Å². The van der Waals surface area contributed by atoms with Gasteiger partial charge in [-0.3, -0.25) is 4.79 Å². The van der Waals surface area contributed by atoms with E-state index in [-0.39, 0.29) is 5.91 Å². The lowest BCUT2D eigenvalue weighted by Crippen LogP contribution is -2.57. The molecule has 2 aliphatic heterocycles. The number of rotatable bonds is 2. The molecule has 0 bridgehead atoms. The van der Waals surface area contributed by atoms with E-state index in [0.717, 1.165) is 25.9 Å². The number of hydrogen-bond acceptors (Lipinski definition) is 5. The maximum absolute atomic E-state index is 12.4. The Balaban J connectivity index is 2.06. The molecule has 0 aromatic carbocycles. The Morgan fingerprint density at radius 3 is 2.59 bits per heavy atom. The second-order valence-corrected chi connectivity index (χ2v) is 4.80. The van der Waals surface area contributed by atoms with E-state index in [2.05, 4.69) is 15.5 Å². The second-order valence-electron chi connectivity index (χ2n) is 4.80. The zero-order valence-corrected chi connectivity index (χ0v) is 10.1. The number of amides is 1. The molecule has 0 aromatic heterocycles. The van der Waals surface area contributed by atoms with Crippen LogP contribution < -0.4 is 5.59 Å². The van der Waals surface area contributed by atoms with Gasteiger partial charge in [0.05, 0.1) is 0 Å². The van der Waals surface area contributed by atoms with Crippen molar-refractivity contribution in [2.24, 2.45) is 5.10 Å². The van der Waals surface area contributed by atoms with Crippen LogP contribution in [0.1, 0.15) is 33.1 Å². The van der Waals surface area contributed by atoms with Crippen LogP contribution in [0.3, 0.4) is 0 Å². The first-order chi connectivity index (χ1) is 8.01. The van der Waals surface area contributed by atoms with Gasteiger partial charge in [-0.2, -0.15) is 5.12 Å². The molecule has 0 aliphatic carbocycles. The summed E-state index contributed by atoms with van der Waals surface area (Å²) >= 11 is 0. The topological polar surface area (TPSA) is 77.4 Å². The van der Waals surface area contributed by atoms with E-state index in [1.54, 1.807) is 13.8 Å². The van der Waals surface area contributed by atoms with Gasteiger partial charge in [0.15, 0.2) is 5.54 Å². The van der Waals surface area contributed by atoms with Gasteiger partial charge in [-0.1, -0.05) is 5.10 Å². The van der Waals surface area contributed by atoms with Gasteiger partial charge in [0.25, 0.3) is 5.91 Å². The van der Waals surface area contributed by atoms with Crippen molar-refractivity contribution in [2.45, 2.75) is 38.6 Å². The maximum Gasteiger partial charge on any atom is 0.425 e. The minimum Gasteiger partial charge on any atom is -0.464 e. The largest absolute Gasteiger partial charge is 0.464 e. The van der Waals surface area contributed by atoms with Crippen molar-refractivity contribution >= 4 is 12.0 Å². The molecule has 2 heterocycles. The lowest BCUT2D eigenvalue weighted by Gasteiger charge is -2.36. The van der Waals surface area contributed by atoms with E-state index in [1.165, 1.54) is 11.5 Å². The molecular weight excluding hydrogens is 224 g/mol. The van der Waals surface area contributed by atoms with Gasteiger partial charge in [-0.15, -0.1) is 0 Å². The molecule has 1 saturated heterocycles.